The first-order valence-electron chi connectivity index (χ1n) is 9.41. The van der Waals surface area contributed by atoms with Crippen molar-refractivity contribution in [2.45, 2.75) is 26.9 Å². The normalized spacial score (nSPS) is 10.6. The highest BCUT2D eigenvalue weighted by Gasteiger charge is 2.14. The zero-order chi connectivity index (χ0) is 20.1. The Morgan fingerprint density at radius 3 is 2.41 bits per heavy atom. The quantitative estimate of drug-likeness (QED) is 0.592. The van der Waals surface area contributed by atoms with E-state index in [0.29, 0.717) is 24.3 Å². The van der Waals surface area contributed by atoms with Gasteiger partial charge in [0.25, 0.3) is 5.91 Å². The third-order valence-corrected chi connectivity index (χ3v) is 4.58. The summed E-state index contributed by atoms with van der Waals surface area (Å²) >= 11 is 0. The first-order valence-corrected chi connectivity index (χ1v) is 9.41. The molecule has 0 radical (unpaired) electrons. The van der Waals surface area contributed by atoms with Gasteiger partial charge in [-0.25, -0.2) is 0 Å². The Morgan fingerprint density at radius 2 is 1.79 bits per heavy atom. The van der Waals surface area contributed by atoms with Crippen LogP contribution in [0, 0.1) is 0 Å². The number of nitrogens with two attached hydrogens (primary N) is 1. The molecule has 3 aromatic rings. The number of nitrogens with zero attached hydrogens (tertiary/aromatic N) is 1. The molecule has 7 heteroatoms. The number of pyridine rings is 1. The van der Waals surface area contributed by atoms with Gasteiger partial charge in [-0.3, -0.25) is 9.59 Å². The van der Waals surface area contributed by atoms with Crippen LogP contribution in [0.2, 0.25) is 0 Å². The number of ether oxygens (including phenoxy) is 1. The number of amides is 1. The van der Waals surface area contributed by atoms with Crippen molar-refractivity contribution in [3.05, 3.63) is 75.6 Å². The highest BCUT2D eigenvalue weighted by atomic mass is 35.5. The number of hydrogen-bond acceptors (Lipinski definition) is 4. The molecule has 3 rings (SSSR count). The summed E-state index contributed by atoms with van der Waals surface area (Å²) in [4.78, 5) is 24.5. The molecule has 2 aromatic carbocycles. The lowest BCUT2D eigenvalue weighted by atomic mass is 10.1. The standard InChI is InChI=1S/C22H25N3O3.ClH/c1-3-24-12-15-5-7-16(8-6-15)13-25-14-19(22(23)27)21(26)18-11-17(28-4-2)9-10-20(18)25;/h5-11,14,24H,3-4,12-13H2,1-2H3,(H2,23,27);1H. The molecule has 29 heavy (non-hydrogen) atoms. The van der Waals surface area contributed by atoms with Crippen molar-refractivity contribution in [3.8, 4) is 5.75 Å². The molecule has 1 aromatic heterocycles. The molecule has 1 heterocycles. The largest absolute Gasteiger partial charge is 0.494 e. The van der Waals surface area contributed by atoms with Crippen molar-refractivity contribution in [1.82, 2.24) is 9.88 Å². The van der Waals surface area contributed by atoms with Gasteiger partial charge in [0.1, 0.15) is 11.3 Å². The third kappa shape index (κ3) is 5.16. The molecule has 0 saturated heterocycles. The van der Waals surface area contributed by atoms with Crippen LogP contribution in [0.15, 0.2) is 53.5 Å². The van der Waals surface area contributed by atoms with Crippen LogP contribution in [0.5, 0.6) is 5.75 Å². The first-order chi connectivity index (χ1) is 13.5. The van der Waals surface area contributed by atoms with Gasteiger partial charge in [-0.2, -0.15) is 0 Å². The van der Waals surface area contributed by atoms with Crippen LogP contribution in [0.3, 0.4) is 0 Å². The van der Waals surface area contributed by atoms with E-state index in [0.717, 1.165) is 24.2 Å². The number of nitrogens with one attached hydrogen (secondary N) is 1. The van der Waals surface area contributed by atoms with Crippen LogP contribution in [0.25, 0.3) is 10.9 Å². The molecule has 0 aliphatic heterocycles. The SMILES string of the molecule is CCNCc1ccc(Cn2cc(C(N)=O)c(=O)c3cc(OCC)ccc32)cc1.Cl. The second kappa shape index (κ2) is 10.1. The van der Waals surface area contributed by atoms with Crippen LogP contribution in [0.4, 0.5) is 0 Å². The Hall–Kier alpha value is -2.83. The lowest BCUT2D eigenvalue weighted by molar-refractivity contribution is 0.0998. The van der Waals surface area contributed by atoms with E-state index in [1.807, 2.05) is 23.6 Å². The second-order valence-electron chi connectivity index (χ2n) is 6.57. The van der Waals surface area contributed by atoms with E-state index in [4.69, 9.17) is 10.5 Å². The summed E-state index contributed by atoms with van der Waals surface area (Å²) in [7, 11) is 0. The van der Waals surface area contributed by atoms with E-state index in [-0.39, 0.29) is 23.4 Å². The predicted octanol–water partition coefficient (Wildman–Crippen LogP) is 3.08. The Labute approximate surface area is 176 Å². The number of carbonyl (C=O) groups excluding carboxylic acids is 1. The average molecular weight is 416 g/mol. The molecular weight excluding hydrogens is 390 g/mol. The van der Waals surface area contributed by atoms with Gasteiger partial charge in [-0.1, -0.05) is 31.2 Å². The topological polar surface area (TPSA) is 86.4 Å². The molecule has 6 nitrogen and oxygen atoms in total. The average Bonchev–Trinajstić information content (AvgIpc) is 2.69. The number of primary amides is 1. The minimum Gasteiger partial charge on any atom is -0.494 e. The fourth-order valence-electron chi connectivity index (χ4n) is 3.17. The van der Waals surface area contributed by atoms with Crippen LogP contribution >= 0.6 is 12.4 Å². The molecule has 1 amide bonds. The molecule has 0 fully saturated rings. The highest BCUT2D eigenvalue weighted by Crippen LogP contribution is 2.20. The maximum atomic E-state index is 12.7. The maximum Gasteiger partial charge on any atom is 0.254 e. The zero-order valence-electron chi connectivity index (χ0n) is 16.6. The Bertz CT molecular complexity index is 1050. The van der Waals surface area contributed by atoms with E-state index in [1.165, 1.54) is 5.56 Å². The minimum absolute atomic E-state index is 0. The van der Waals surface area contributed by atoms with E-state index in [2.05, 4.69) is 36.5 Å². The van der Waals surface area contributed by atoms with Crippen LogP contribution in [-0.4, -0.2) is 23.6 Å². The number of rotatable bonds is 8. The Morgan fingerprint density at radius 1 is 1.10 bits per heavy atom. The fraction of sp³-hybridized carbons (Fsp3) is 0.273. The van der Waals surface area contributed by atoms with Gasteiger partial charge in [-0.15, -0.1) is 12.4 Å². The van der Waals surface area contributed by atoms with Crippen LogP contribution < -0.4 is 21.2 Å². The number of fused-ring (bicyclic) bond motifs is 1. The summed E-state index contributed by atoms with van der Waals surface area (Å²) in [5, 5.41) is 3.72. The van der Waals surface area contributed by atoms with E-state index >= 15 is 0 Å². The predicted molar refractivity (Wildman–Crippen MR) is 118 cm³/mol. The summed E-state index contributed by atoms with van der Waals surface area (Å²) in [6.45, 7) is 6.71. The number of hydrogen-bond donors (Lipinski definition) is 2. The second-order valence-corrected chi connectivity index (χ2v) is 6.57. The number of carbonyl (C=O) groups is 1. The van der Waals surface area contributed by atoms with Crippen molar-refractivity contribution >= 4 is 29.2 Å². The summed E-state index contributed by atoms with van der Waals surface area (Å²) in [5.74, 6) is -0.142. The van der Waals surface area contributed by atoms with E-state index < -0.39 is 5.91 Å². The molecule has 0 spiro atoms. The monoisotopic (exact) mass is 415 g/mol. The minimum atomic E-state index is -0.733. The Balaban J connectivity index is 0.00000300. The van der Waals surface area contributed by atoms with Gasteiger partial charge in [0.05, 0.1) is 17.5 Å². The molecule has 0 atom stereocenters. The Kier molecular flexibility index (Phi) is 7.82. The summed E-state index contributed by atoms with van der Waals surface area (Å²) in [6.07, 6.45) is 1.54. The zero-order valence-corrected chi connectivity index (χ0v) is 17.4. The summed E-state index contributed by atoms with van der Waals surface area (Å²) in [5.41, 5.74) is 8.04. The maximum absolute atomic E-state index is 12.7. The smallest absolute Gasteiger partial charge is 0.254 e. The molecule has 154 valence electrons. The van der Waals surface area contributed by atoms with Crippen molar-refractivity contribution in [2.75, 3.05) is 13.2 Å². The lowest BCUT2D eigenvalue weighted by Crippen LogP contribution is -2.24. The summed E-state index contributed by atoms with van der Waals surface area (Å²) in [6, 6.07) is 13.6. The van der Waals surface area contributed by atoms with Crippen LogP contribution in [-0.2, 0) is 13.1 Å². The highest BCUT2D eigenvalue weighted by molar-refractivity contribution is 5.96. The number of aromatic nitrogens is 1. The van der Waals surface area contributed by atoms with Crippen molar-refractivity contribution in [3.63, 3.8) is 0 Å². The van der Waals surface area contributed by atoms with Gasteiger partial charge in [-0.05, 0) is 42.8 Å². The van der Waals surface area contributed by atoms with E-state index in [9.17, 15) is 9.59 Å². The van der Waals surface area contributed by atoms with Gasteiger partial charge in [0.2, 0.25) is 5.43 Å². The molecule has 0 aliphatic rings. The summed E-state index contributed by atoms with van der Waals surface area (Å²) < 4.78 is 7.38. The van der Waals surface area contributed by atoms with Crippen LogP contribution in [0.1, 0.15) is 35.3 Å². The van der Waals surface area contributed by atoms with Crippen molar-refractivity contribution in [1.29, 1.82) is 0 Å². The number of benzene rings is 2. The van der Waals surface area contributed by atoms with E-state index in [1.54, 1.807) is 12.3 Å². The first kappa shape index (κ1) is 22.5. The molecule has 3 N–H and O–H groups in total. The van der Waals surface area contributed by atoms with Gasteiger partial charge in [0.15, 0.2) is 0 Å². The third-order valence-electron chi connectivity index (χ3n) is 4.58. The van der Waals surface area contributed by atoms with Crippen molar-refractivity contribution < 1.29 is 9.53 Å². The molecule has 0 aliphatic carbocycles. The van der Waals surface area contributed by atoms with Gasteiger partial charge >= 0.3 is 0 Å². The molecular formula is C22H26ClN3O3. The molecule has 0 bridgehead atoms. The van der Waals surface area contributed by atoms with Crippen molar-refractivity contribution in [2.24, 2.45) is 5.73 Å². The lowest BCUT2D eigenvalue weighted by Gasteiger charge is -2.14. The number of halogens is 1. The fourth-order valence-corrected chi connectivity index (χ4v) is 3.17. The van der Waals surface area contributed by atoms with Gasteiger partial charge < -0.3 is 20.4 Å². The molecule has 0 unspecified atom stereocenters. The molecule has 0 saturated carbocycles. The van der Waals surface area contributed by atoms with Gasteiger partial charge in [0, 0.05) is 19.3 Å².